The number of carboxylic acid groups (broad SMARTS) is 1. The third-order valence-corrected chi connectivity index (χ3v) is 13.1. The minimum absolute atomic E-state index is 0.178. The van der Waals surface area contributed by atoms with Gasteiger partial charge in [0.1, 0.15) is 122 Å². The summed E-state index contributed by atoms with van der Waals surface area (Å²) in [6.45, 7) is -1.04. The Hall–Kier alpha value is -1.65. The van der Waals surface area contributed by atoms with Gasteiger partial charge in [-0.2, -0.15) is 0 Å². The van der Waals surface area contributed by atoms with Gasteiger partial charge in [-0.1, -0.05) is 0 Å². The highest BCUT2D eigenvalue weighted by Gasteiger charge is 2.65. The fraction of sp³-hybridized carbons (Fsp3) is 0.974. The Balaban J connectivity index is 0.936. The van der Waals surface area contributed by atoms with E-state index in [1.54, 1.807) is 0 Å². The van der Waals surface area contributed by atoms with Crippen molar-refractivity contribution in [3.05, 3.63) is 0 Å². The number of carboxylic acids is 1. The molecule has 0 aromatic rings. The highest BCUT2D eigenvalue weighted by atomic mass is 16.9. The third kappa shape index (κ3) is 10.3. The van der Waals surface area contributed by atoms with E-state index < -0.39 is 204 Å². The van der Waals surface area contributed by atoms with Gasteiger partial charge in [-0.05, 0) is 25.8 Å². The van der Waals surface area contributed by atoms with Gasteiger partial charge in [0.25, 0.3) is 0 Å². The summed E-state index contributed by atoms with van der Waals surface area (Å²) >= 11 is 0. The minimum atomic E-state index is -2.09. The van der Waals surface area contributed by atoms with Crippen LogP contribution in [0.3, 0.4) is 0 Å². The summed E-state index contributed by atoms with van der Waals surface area (Å²) in [5, 5.41) is 139. The van der Waals surface area contributed by atoms with E-state index in [9.17, 15) is 71.2 Å². The molecule has 0 aromatic heterocycles. The molecular formula is C38H59NO29. The predicted octanol–water partition coefficient (Wildman–Crippen LogP) is -9.85. The van der Waals surface area contributed by atoms with Gasteiger partial charge < -0.3 is 143 Å². The maximum absolute atomic E-state index is 11.6. The monoisotopic (exact) mass is 993 g/mol. The van der Waals surface area contributed by atoms with Crippen molar-refractivity contribution >= 4 is 5.97 Å². The molecule has 15 N–H and O–H groups in total. The van der Waals surface area contributed by atoms with Gasteiger partial charge in [-0.3, -0.25) is 0 Å². The first-order chi connectivity index (χ1) is 32.5. The molecule has 30 heteroatoms. The van der Waals surface area contributed by atoms with Crippen molar-refractivity contribution < 1.29 is 142 Å². The van der Waals surface area contributed by atoms with E-state index in [1.165, 1.54) is 0 Å². The molecule has 0 bridgehead atoms. The van der Waals surface area contributed by atoms with Gasteiger partial charge >= 0.3 is 5.97 Å². The molecule has 9 saturated heterocycles. The zero-order valence-electron chi connectivity index (χ0n) is 35.7. The molecule has 30 atom stereocenters. The molecule has 9 heterocycles. The Bertz CT molecular complexity index is 1690. The summed E-state index contributed by atoms with van der Waals surface area (Å²) in [6.07, 6.45) is -46.0. The summed E-state index contributed by atoms with van der Waals surface area (Å²) in [7, 11) is 0. The summed E-state index contributed by atoms with van der Waals surface area (Å²) < 4.78 is 86.3. The van der Waals surface area contributed by atoms with Crippen LogP contribution in [0, 0.1) is 0 Å². The van der Waals surface area contributed by atoms with Gasteiger partial charge in [0, 0.05) is 6.61 Å². The zero-order valence-corrected chi connectivity index (χ0v) is 35.7. The number of aliphatic hydroxyl groups excluding tert-OH is 12. The molecule has 0 saturated carbocycles. The average molecular weight is 994 g/mol. The lowest BCUT2D eigenvalue weighted by molar-refractivity contribution is -0.384. The summed E-state index contributed by atoms with van der Waals surface area (Å²) in [5.41, 5.74) is 5.58. The van der Waals surface area contributed by atoms with Crippen molar-refractivity contribution in [2.45, 2.75) is 204 Å². The molecule has 0 aliphatic carbocycles. The molecule has 9 aliphatic rings. The van der Waals surface area contributed by atoms with E-state index in [4.69, 9.17) is 76.8 Å². The van der Waals surface area contributed by atoms with E-state index in [2.05, 4.69) is 0 Å². The SMILES string of the molecule is NCCCCCO[C@@H]1OC2OC2C(O[C@@H]2OC3OC3C(O[C@@H]3OC(CO)[C@@H](O[C@H]4OC5OC5C(O)C4O)C(O)C3O)C2O[C@H]2OC(CO[C@H]3OC(C(=O)O)C(O)C(O)C3O)[C@@H](O)C(O)C2O)C1O. The lowest BCUT2D eigenvalue weighted by Gasteiger charge is -2.47. The molecule has 0 radical (unpaired) electrons. The van der Waals surface area contributed by atoms with Crippen molar-refractivity contribution in [1.29, 1.82) is 0 Å². The molecule has 0 aromatic carbocycles. The van der Waals surface area contributed by atoms with Gasteiger partial charge in [0.05, 0.1) is 13.2 Å². The minimum Gasteiger partial charge on any atom is -0.479 e. The van der Waals surface area contributed by atoms with E-state index >= 15 is 0 Å². The van der Waals surface area contributed by atoms with Crippen LogP contribution in [0.5, 0.6) is 0 Å². The van der Waals surface area contributed by atoms with Crippen molar-refractivity contribution in [3.63, 3.8) is 0 Å². The van der Waals surface area contributed by atoms with Gasteiger partial charge in [0.2, 0.25) is 0 Å². The molecule has 0 amide bonds. The maximum Gasteiger partial charge on any atom is 0.335 e. The highest BCUT2D eigenvalue weighted by molar-refractivity contribution is 5.73. The van der Waals surface area contributed by atoms with Crippen LogP contribution < -0.4 is 5.73 Å². The average Bonchev–Trinajstić information content (AvgIpc) is 4.22. The number of unbranched alkanes of at least 4 members (excludes halogenated alkanes) is 2. The van der Waals surface area contributed by atoms with E-state index in [0.29, 0.717) is 13.0 Å². The number of epoxide rings is 3. The Morgan fingerprint density at radius 2 is 0.941 bits per heavy atom. The Labute approximate surface area is 384 Å². The fourth-order valence-electron chi connectivity index (χ4n) is 8.98. The standard InChI is InChI=1S/C38H59NO29/c39-4-2-1-3-5-54-31-20(51)22(26-36(64-26)66-31)59-37-27(63-32-17(48)11(42)10(41)9(57-32)7-55-30-16(47)12(43)13(44)23(60-30)29(52)53)25(28-38(65-28)68-37)62-33-18(49)14(45)21(8(6-40)56-33)58-34-19(50)15(46)24-35(61-24)67-34/h8-28,30-38,40-51H,1-7,39H2,(H,52,53)/t8?,9?,10-,11?,12?,13?,14?,15?,16?,17?,18?,19?,20?,21-,22?,23?,24?,25?,26?,27?,28?,30+,31-,32-,33+,34+,35?,36?,37-,38?/m1/s1. The molecule has 9 fully saturated rings. The van der Waals surface area contributed by atoms with Crippen LogP contribution in [-0.4, -0.2) is 284 Å². The van der Waals surface area contributed by atoms with Crippen LogP contribution in [0.25, 0.3) is 0 Å². The molecule has 9 aliphatic heterocycles. The smallest absolute Gasteiger partial charge is 0.335 e. The first-order valence-electron chi connectivity index (χ1n) is 22.3. The van der Waals surface area contributed by atoms with E-state index in [0.717, 1.165) is 12.8 Å². The zero-order chi connectivity index (χ0) is 48.5. The molecule has 9 rings (SSSR count). The number of rotatable bonds is 19. The number of nitrogens with two attached hydrogens (primary N) is 1. The first-order valence-corrected chi connectivity index (χ1v) is 22.3. The van der Waals surface area contributed by atoms with Crippen molar-refractivity contribution in [1.82, 2.24) is 0 Å². The fourth-order valence-corrected chi connectivity index (χ4v) is 8.98. The maximum atomic E-state index is 11.6. The normalized spacial score (nSPS) is 54.0. The number of fused-ring (bicyclic) bond motifs is 3. The van der Waals surface area contributed by atoms with E-state index in [1.807, 2.05) is 0 Å². The number of aliphatic carboxylic acids is 1. The second-order valence-electron chi connectivity index (χ2n) is 17.8. The van der Waals surface area contributed by atoms with Crippen LogP contribution in [-0.2, 0) is 75.8 Å². The topological polar surface area (TPSA) is 454 Å². The second-order valence-corrected chi connectivity index (χ2v) is 17.8. The van der Waals surface area contributed by atoms with Gasteiger partial charge in [-0.15, -0.1) is 0 Å². The number of ether oxygens (including phenoxy) is 15. The number of hydrogen-bond acceptors (Lipinski definition) is 29. The van der Waals surface area contributed by atoms with Crippen molar-refractivity contribution in [2.75, 3.05) is 26.4 Å². The number of hydrogen-bond donors (Lipinski definition) is 14. The lowest BCUT2D eigenvalue weighted by atomic mass is 9.97. The molecule has 22 unspecified atom stereocenters. The van der Waals surface area contributed by atoms with Crippen LogP contribution in [0.1, 0.15) is 19.3 Å². The van der Waals surface area contributed by atoms with Crippen LogP contribution in [0.4, 0.5) is 0 Å². The first kappa shape index (κ1) is 51.3. The molecular weight excluding hydrogens is 934 g/mol. The van der Waals surface area contributed by atoms with Gasteiger partial charge in [-0.25, -0.2) is 4.79 Å². The quantitative estimate of drug-likeness (QED) is 0.0422. The molecule has 30 nitrogen and oxygen atoms in total. The molecule has 390 valence electrons. The molecule has 68 heavy (non-hydrogen) atoms. The van der Waals surface area contributed by atoms with Crippen molar-refractivity contribution in [3.8, 4) is 0 Å². The Kier molecular flexibility index (Phi) is 15.9. The van der Waals surface area contributed by atoms with Gasteiger partial charge in [0.15, 0.2) is 62.7 Å². The lowest BCUT2D eigenvalue weighted by Crippen LogP contribution is -2.65. The molecule has 0 spiro atoms. The number of aliphatic hydroxyl groups is 12. The summed E-state index contributed by atoms with van der Waals surface area (Å²) in [6, 6.07) is 0. The summed E-state index contributed by atoms with van der Waals surface area (Å²) in [4.78, 5) is 11.6. The van der Waals surface area contributed by atoms with Crippen LogP contribution >= 0.6 is 0 Å². The Morgan fingerprint density at radius 3 is 1.63 bits per heavy atom. The summed E-state index contributed by atoms with van der Waals surface area (Å²) in [5.74, 6) is -1.71. The van der Waals surface area contributed by atoms with Crippen molar-refractivity contribution in [2.24, 2.45) is 5.73 Å². The third-order valence-electron chi connectivity index (χ3n) is 13.1. The number of carbonyl (C=O) groups is 1. The van der Waals surface area contributed by atoms with Crippen LogP contribution in [0.15, 0.2) is 0 Å². The van der Waals surface area contributed by atoms with E-state index in [-0.39, 0.29) is 6.61 Å². The predicted molar refractivity (Wildman–Crippen MR) is 202 cm³/mol. The Morgan fingerprint density at radius 1 is 0.426 bits per heavy atom. The highest BCUT2D eigenvalue weighted by Crippen LogP contribution is 2.45. The second kappa shape index (κ2) is 21.1. The van der Waals surface area contributed by atoms with Crippen LogP contribution in [0.2, 0.25) is 0 Å². The largest absolute Gasteiger partial charge is 0.479 e.